The molecule has 0 bridgehead atoms. The van der Waals surface area contributed by atoms with E-state index < -0.39 is 10.0 Å². The van der Waals surface area contributed by atoms with Crippen LogP contribution in [0.5, 0.6) is 0 Å². The lowest BCUT2D eigenvalue weighted by Crippen LogP contribution is -2.30. The van der Waals surface area contributed by atoms with Crippen molar-refractivity contribution in [1.29, 1.82) is 0 Å². The van der Waals surface area contributed by atoms with Crippen LogP contribution in [0.25, 0.3) is 11.5 Å². The number of aryl methyl sites for hydroxylation is 2. The second-order valence-electron chi connectivity index (χ2n) is 7.20. The SMILES string of the molecule is CCN(CC)S(=O)(=O)c1cccc(-c2nnc(SCC(=O)Nc3cc(C)cc(C)c3)o2)c1. The average molecular weight is 475 g/mol. The van der Waals surface area contributed by atoms with E-state index in [0.29, 0.717) is 18.7 Å². The first kappa shape index (κ1) is 24.0. The van der Waals surface area contributed by atoms with Crippen molar-refractivity contribution in [2.24, 2.45) is 0 Å². The first-order chi connectivity index (χ1) is 15.2. The van der Waals surface area contributed by atoms with Crippen LogP contribution in [0.15, 0.2) is 57.0 Å². The molecule has 8 nitrogen and oxygen atoms in total. The smallest absolute Gasteiger partial charge is 0.277 e. The van der Waals surface area contributed by atoms with Crippen LogP contribution in [0.2, 0.25) is 0 Å². The monoisotopic (exact) mass is 474 g/mol. The number of aromatic nitrogens is 2. The van der Waals surface area contributed by atoms with Gasteiger partial charge in [0.25, 0.3) is 5.22 Å². The lowest BCUT2D eigenvalue weighted by molar-refractivity contribution is -0.113. The summed E-state index contributed by atoms with van der Waals surface area (Å²) in [4.78, 5) is 12.4. The molecule has 0 fully saturated rings. The minimum atomic E-state index is -3.60. The highest BCUT2D eigenvalue weighted by Crippen LogP contribution is 2.26. The topological polar surface area (TPSA) is 105 Å². The number of nitrogens with zero attached hydrogens (tertiary/aromatic N) is 3. The normalized spacial score (nSPS) is 11.7. The second-order valence-corrected chi connectivity index (χ2v) is 10.1. The fourth-order valence-electron chi connectivity index (χ4n) is 3.26. The van der Waals surface area contributed by atoms with Gasteiger partial charge in [0.2, 0.25) is 21.8 Å². The van der Waals surface area contributed by atoms with Crippen molar-refractivity contribution in [2.45, 2.75) is 37.8 Å². The van der Waals surface area contributed by atoms with Gasteiger partial charge in [0, 0.05) is 24.3 Å². The van der Waals surface area contributed by atoms with Gasteiger partial charge < -0.3 is 9.73 Å². The van der Waals surface area contributed by atoms with E-state index in [0.717, 1.165) is 28.6 Å². The highest BCUT2D eigenvalue weighted by Gasteiger charge is 2.22. The van der Waals surface area contributed by atoms with Crippen LogP contribution in [-0.4, -0.2) is 47.7 Å². The Balaban J connectivity index is 1.68. The Morgan fingerprint density at radius 2 is 1.75 bits per heavy atom. The number of carbonyl (C=O) groups is 1. The summed E-state index contributed by atoms with van der Waals surface area (Å²) in [5.74, 6) is 0.108. The number of nitrogens with one attached hydrogen (secondary N) is 1. The Bertz CT molecular complexity index is 1180. The fraction of sp³-hybridized carbons (Fsp3) is 0.318. The molecule has 0 aliphatic rings. The Morgan fingerprint density at radius 1 is 1.06 bits per heavy atom. The van der Waals surface area contributed by atoms with Gasteiger partial charge >= 0.3 is 0 Å². The minimum Gasteiger partial charge on any atom is -0.411 e. The van der Waals surface area contributed by atoms with Crippen LogP contribution in [0.1, 0.15) is 25.0 Å². The molecule has 0 aliphatic carbocycles. The van der Waals surface area contributed by atoms with Gasteiger partial charge in [-0.05, 0) is 55.3 Å². The van der Waals surface area contributed by atoms with Crippen LogP contribution in [0, 0.1) is 13.8 Å². The molecule has 32 heavy (non-hydrogen) atoms. The van der Waals surface area contributed by atoms with E-state index in [1.54, 1.807) is 32.0 Å². The molecule has 1 heterocycles. The van der Waals surface area contributed by atoms with E-state index in [4.69, 9.17) is 4.42 Å². The van der Waals surface area contributed by atoms with Gasteiger partial charge in [-0.3, -0.25) is 4.79 Å². The third-order valence-corrected chi connectivity index (χ3v) is 7.53. The van der Waals surface area contributed by atoms with Gasteiger partial charge in [-0.25, -0.2) is 8.42 Å². The third kappa shape index (κ3) is 5.76. The molecule has 2 aromatic carbocycles. The number of anilines is 1. The predicted octanol–water partition coefficient (Wildman–Crippen LogP) is 4.11. The number of thioether (sulfide) groups is 1. The Hall–Kier alpha value is -2.69. The lowest BCUT2D eigenvalue weighted by Gasteiger charge is -2.18. The maximum Gasteiger partial charge on any atom is 0.277 e. The lowest BCUT2D eigenvalue weighted by atomic mass is 10.1. The van der Waals surface area contributed by atoms with Crippen molar-refractivity contribution < 1.29 is 17.6 Å². The van der Waals surface area contributed by atoms with Crippen molar-refractivity contribution in [3.8, 4) is 11.5 Å². The van der Waals surface area contributed by atoms with E-state index in [2.05, 4.69) is 15.5 Å². The molecular formula is C22H26N4O4S2. The van der Waals surface area contributed by atoms with Crippen LogP contribution >= 0.6 is 11.8 Å². The molecule has 3 aromatic rings. The molecule has 1 N–H and O–H groups in total. The molecule has 10 heteroatoms. The number of carbonyl (C=O) groups excluding carboxylic acids is 1. The molecule has 3 rings (SSSR count). The van der Waals surface area contributed by atoms with Gasteiger partial charge in [-0.2, -0.15) is 4.31 Å². The maximum absolute atomic E-state index is 12.8. The third-order valence-electron chi connectivity index (χ3n) is 4.66. The van der Waals surface area contributed by atoms with Crippen molar-refractivity contribution in [3.05, 3.63) is 53.6 Å². The van der Waals surface area contributed by atoms with Crippen molar-refractivity contribution in [1.82, 2.24) is 14.5 Å². The average Bonchev–Trinajstić information content (AvgIpc) is 3.21. The van der Waals surface area contributed by atoms with Gasteiger partial charge in [0.05, 0.1) is 10.6 Å². The molecule has 0 spiro atoms. The maximum atomic E-state index is 12.8. The standard InChI is InChI=1S/C22H26N4O4S2/c1-5-26(6-2)32(28,29)19-9-7-8-17(13-19)21-24-25-22(30-21)31-14-20(27)23-18-11-15(3)10-16(4)12-18/h7-13H,5-6,14H2,1-4H3,(H,23,27). The largest absolute Gasteiger partial charge is 0.411 e. The van der Waals surface area contributed by atoms with Gasteiger partial charge in [-0.1, -0.05) is 37.7 Å². The minimum absolute atomic E-state index is 0.102. The zero-order valence-corrected chi connectivity index (χ0v) is 20.1. The highest BCUT2D eigenvalue weighted by molar-refractivity contribution is 7.99. The van der Waals surface area contributed by atoms with Crippen molar-refractivity contribution in [2.75, 3.05) is 24.2 Å². The summed E-state index contributed by atoms with van der Waals surface area (Å²) in [6, 6.07) is 12.2. The Morgan fingerprint density at radius 3 is 2.41 bits per heavy atom. The highest BCUT2D eigenvalue weighted by atomic mass is 32.2. The second kappa shape index (κ2) is 10.3. The molecule has 0 saturated carbocycles. The van der Waals surface area contributed by atoms with Crippen LogP contribution in [0.3, 0.4) is 0 Å². The van der Waals surface area contributed by atoms with E-state index in [1.165, 1.54) is 10.4 Å². The zero-order valence-electron chi connectivity index (χ0n) is 18.5. The quantitative estimate of drug-likeness (QED) is 0.465. The number of hydrogen-bond acceptors (Lipinski definition) is 7. The van der Waals surface area contributed by atoms with Gasteiger partial charge in [-0.15, -0.1) is 10.2 Å². The first-order valence-corrected chi connectivity index (χ1v) is 12.6. The molecule has 1 amide bonds. The van der Waals surface area contributed by atoms with E-state index in [9.17, 15) is 13.2 Å². The summed E-state index contributed by atoms with van der Waals surface area (Å²) in [6.45, 7) is 8.30. The molecule has 170 valence electrons. The summed E-state index contributed by atoms with van der Waals surface area (Å²) < 4.78 is 32.6. The summed E-state index contributed by atoms with van der Waals surface area (Å²) in [5.41, 5.74) is 3.38. The van der Waals surface area contributed by atoms with Gasteiger partial charge in [0.1, 0.15) is 0 Å². The van der Waals surface area contributed by atoms with E-state index >= 15 is 0 Å². The van der Waals surface area contributed by atoms with Crippen LogP contribution < -0.4 is 5.32 Å². The molecule has 0 atom stereocenters. The number of hydrogen-bond donors (Lipinski definition) is 1. The number of benzene rings is 2. The number of rotatable bonds is 9. The summed E-state index contributed by atoms with van der Waals surface area (Å²) >= 11 is 1.11. The molecule has 1 aromatic heterocycles. The van der Waals surface area contributed by atoms with Crippen LogP contribution in [0.4, 0.5) is 5.69 Å². The summed E-state index contributed by atoms with van der Waals surface area (Å²) in [6.07, 6.45) is 0. The fourth-order valence-corrected chi connectivity index (χ4v) is 5.33. The van der Waals surface area contributed by atoms with Crippen LogP contribution in [-0.2, 0) is 14.8 Å². The van der Waals surface area contributed by atoms with E-state index in [1.807, 2.05) is 32.0 Å². The summed E-state index contributed by atoms with van der Waals surface area (Å²) in [5, 5.41) is 11.1. The number of amides is 1. The number of sulfonamides is 1. The van der Waals surface area contributed by atoms with Gasteiger partial charge in [0.15, 0.2) is 0 Å². The zero-order chi connectivity index (χ0) is 23.3. The van der Waals surface area contributed by atoms with Crippen molar-refractivity contribution >= 4 is 33.4 Å². The van der Waals surface area contributed by atoms with Crippen molar-refractivity contribution in [3.63, 3.8) is 0 Å². The Kier molecular flexibility index (Phi) is 7.70. The summed E-state index contributed by atoms with van der Waals surface area (Å²) in [7, 11) is -3.60. The predicted molar refractivity (Wildman–Crippen MR) is 125 cm³/mol. The molecule has 0 radical (unpaired) electrons. The molecule has 0 unspecified atom stereocenters. The first-order valence-electron chi connectivity index (χ1n) is 10.2. The molecule has 0 aliphatic heterocycles. The molecular weight excluding hydrogens is 448 g/mol. The van der Waals surface area contributed by atoms with E-state index in [-0.39, 0.29) is 27.7 Å². The Labute approximate surface area is 192 Å². The molecule has 0 saturated heterocycles.